The summed E-state index contributed by atoms with van der Waals surface area (Å²) in [5.74, 6) is -0.880. The summed E-state index contributed by atoms with van der Waals surface area (Å²) in [7, 11) is 0. The van der Waals surface area contributed by atoms with E-state index in [-0.39, 0.29) is 31.1 Å². The monoisotopic (exact) mass is 927 g/mol. The van der Waals surface area contributed by atoms with Crippen molar-refractivity contribution in [1.29, 1.82) is 0 Å². The van der Waals surface area contributed by atoms with Crippen molar-refractivity contribution in [2.24, 2.45) is 0 Å². The molecule has 0 aromatic rings. The van der Waals surface area contributed by atoms with E-state index in [9.17, 15) is 14.4 Å². The minimum Gasteiger partial charge on any atom is -0.462 e. The average molecular weight is 928 g/mol. The van der Waals surface area contributed by atoms with Crippen molar-refractivity contribution in [1.82, 2.24) is 0 Å². The first kappa shape index (κ1) is 63.6. The summed E-state index contributed by atoms with van der Waals surface area (Å²) in [5.41, 5.74) is 0. The molecule has 0 saturated heterocycles. The Morgan fingerprint density at radius 3 is 0.909 bits per heavy atom. The Kier molecular flexibility index (Phi) is 53.2. The molecule has 66 heavy (non-hydrogen) atoms. The van der Waals surface area contributed by atoms with Gasteiger partial charge < -0.3 is 14.2 Å². The molecule has 0 aromatic carbocycles. The normalized spacial score (nSPS) is 12.2. The summed E-state index contributed by atoms with van der Waals surface area (Å²) in [6.07, 6.45) is 66.0. The van der Waals surface area contributed by atoms with Gasteiger partial charge in [0.25, 0.3) is 0 Å². The highest BCUT2D eigenvalue weighted by Crippen LogP contribution is 2.16. The number of carbonyl (C=O) groups excluding carboxylic acids is 3. The first-order valence-corrected chi connectivity index (χ1v) is 29.0. The minimum absolute atomic E-state index is 0.0746. The molecule has 6 nitrogen and oxygen atoms in total. The topological polar surface area (TPSA) is 78.9 Å². The van der Waals surface area contributed by atoms with E-state index in [0.717, 1.165) is 89.9 Å². The molecule has 0 heterocycles. The zero-order valence-corrected chi connectivity index (χ0v) is 44.2. The highest BCUT2D eigenvalue weighted by Gasteiger charge is 2.19. The predicted octanol–water partition coefficient (Wildman–Crippen LogP) is 19.3. The Bertz CT molecular complexity index is 1110. The van der Waals surface area contributed by atoms with Gasteiger partial charge >= 0.3 is 17.9 Å². The van der Waals surface area contributed by atoms with Crippen LogP contribution in [0.5, 0.6) is 0 Å². The van der Waals surface area contributed by atoms with E-state index >= 15 is 0 Å². The number of hydrogen-bond donors (Lipinski definition) is 0. The van der Waals surface area contributed by atoms with Crippen LogP contribution in [-0.4, -0.2) is 37.2 Å². The molecule has 6 heteroatoms. The first-order valence-electron chi connectivity index (χ1n) is 29.0. The molecule has 0 fully saturated rings. The summed E-state index contributed by atoms with van der Waals surface area (Å²) in [6, 6.07) is 0. The number of allylic oxidation sites excluding steroid dienone is 6. The van der Waals surface area contributed by atoms with Gasteiger partial charge in [0.15, 0.2) is 6.10 Å². The van der Waals surface area contributed by atoms with E-state index in [4.69, 9.17) is 14.2 Å². The van der Waals surface area contributed by atoms with Gasteiger partial charge in [0.1, 0.15) is 13.2 Å². The lowest BCUT2D eigenvalue weighted by Crippen LogP contribution is -2.30. The van der Waals surface area contributed by atoms with Gasteiger partial charge in [-0.15, -0.1) is 0 Å². The van der Waals surface area contributed by atoms with Crippen LogP contribution in [-0.2, 0) is 28.6 Å². The molecule has 0 bridgehead atoms. The fourth-order valence-electron chi connectivity index (χ4n) is 8.48. The number of ether oxygens (including phenoxy) is 3. The Morgan fingerprint density at radius 1 is 0.303 bits per heavy atom. The van der Waals surface area contributed by atoms with Crippen molar-refractivity contribution in [3.05, 3.63) is 36.5 Å². The highest BCUT2D eigenvalue weighted by atomic mass is 16.6. The third kappa shape index (κ3) is 52.6. The van der Waals surface area contributed by atoms with E-state index in [1.54, 1.807) is 0 Å². The molecule has 0 N–H and O–H groups in total. The molecule has 1 unspecified atom stereocenters. The summed E-state index contributed by atoms with van der Waals surface area (Å²) in [5, 5.41) is 0. The molecule has 0 saturated carbocycles. The number of hydrogen-bond acceptors (Lipinski definition) is 6. The van der Waals surface area contributed by atoms with Crippen LogP contribution in [0.4, 0.5) is 0 Å². The summed E-state index contributed by atoms with van der Waals surface area (Å²) in [4.78, 5) is 37.9. The van der Waals surface area contributed by atoms with Gasteiger partial charge in [0.2, 0.25) is 0 Å². The molecule has 1 atom stereocenters. The fourth-order valence-corrected chi connectivity index (χ4v) is 8.48. The van der Waals surface area contributed by atoms with Crippen molar-refractivity contribution in [3.63, 3.8) is 0 Å². The highest BCUT2D eigenvalue weighted by molar-refractivity contribution is 5.71. The summed E-state index contributed by atoms with van der Waals surface area (Å²) >= 11 is 0. The second kappa shape index (κ2) is 55.2. The molecular weight excluding hydrogens is 817 g/mol. The molecule has 0 spiro atoms. The second-order valence-electron chi connectivity index (χ2n) is 19.6. The summed E-state index contributed by atoms with van der Waals surface area (Å²) in [6.45, 7) is 6.56. The van der Waals surface area contributed by atoms with E-state index in [0.29, 0.717) is 19.3 Å². The van der Waals surface area contributed by atoms with Crippen LogP contribution in [0.3, 0.4) is 0 Å². The maximum atomic E-state index is 12.8. The first-order chi connectivity index (χ1) is 32.5. The lowest BCUT2D eigenvalue weighted by atomic mass is 10.0. The lowest BCUT2D eigenvalue weighted by molar-refractivity contribution is -0.167. The van der Waals surface area contributed by atoms with E-state index in [1.807, 2.05) is 0 Å². The predicted molar refractivity (Wildman–Crippen MR) is 284 cm³/mol. The maximum Gasteiger partial charge on any atom is 0.306 e. The van der Waals surface area contributed by atoms with Crippen LogP contribution in [0, 0.1) is 0 Å². The van der Waals surface area contributed by atoms with Gasteiger partial charge in [-0.1, -0.05) is 256 Å². The molecule has 386 valence electrons. The smallest absolute Gasteiger partial charge is 0.306 e. The second-order valence-corrected chi connectivity index (χ2v) is 19.6. The quantitative estimate of drug-likeness (QED) is 0.0262. The van der Waals surface area contributed by atoms with Crippen molar-refractivity contribution in [3.8, 4) is 0 Å². The third-order valence-electron chi connectivity index (χ3n) is 12.8. The van der Waals surface area contributed by atoms with Crippen LogP contribution in [0.2, 0.25) is 0 Å². The van der Waals surface area contributed by atoms with Gasteiger partial charge in [-0.2, -0.15) is 0 Å². The largest absolute Gasteiger partial charge is 0.462 e. The van der Waals surface area contributed by atoms with Crippen LogP contribution in [0.1, 0.15) is 310 Å². The van der Waals surface area contributed by atoms with E-state index < -0.39 is 6.10 Å². The van der Waals surface area contributed by atoms with Gasteiger partial charge in [0.05, 0.1) is 0 Å². The Morgan fingerprint density at radius 2 is 0.576 bits per heavy atom. The van der Waals surface area contributed by atoms with Crippen LogP contribution < -0.4 is 0 Å². The van der Waals surface area contributed by atoms with Crippen LogP contribution in [0.15, 0.2) is 36.5 Å². The standard InChI is InChI=1S/C60H110O6/c1-4-7-10-13-16-19-21-23-24-25-26-27-28-29-30-31-32-33-34-35-36-38-39-41-44-47-50-53-59(62)65-56-57(55-64-58(61)52-49-46-43-18-15-12-9-6-3)66-60(63)54-51-48-45-42-40-37-22-20-17-14-11-8-5-2/h11,14,20,22,25-26,57H,4-10,12-13,15-19,21,23-24,27-56H2,1-3H3/b14-11-,22-20-,26-25-. The number of unbranched alkanes of at least 4 members (excludes halogenated alkanes) is 36. The minimum atomic E-state index is -0.774. The van der Waals surface area contributed by atoms with Crippen molar-refractivity contribution >= 4 is 17.9 Å². The number of esters is 3. The Hall–Kier alpha value is -2.37. The van der Waals surface area contributed by atoms with Gasteiger partial charge in [-0.05, 0) is 70.6 Å². The molecule has 0 rings (SSSR count). The van der Waals surface area contributed by atoms with Crippen molar-refractivity contribution < 1.29 is 28.6 Å². The van der Waals surface area contributed by atoms with Gasteiger partial charge in [-0.3, -0.25) is 14.4 Å². The molecule has 0 radical (unpaired) electrons. The van der Waals surface area contributed by atoms with Crippen molar-refractivity contribution in [2.75, 3.05) is 13.2 Å². The molecule has 0 amide bonds. The van der Waals surface area contributed by atoms with E-state index in [1.165, 1.54) is 180 Å². The Balaban J connectivity index is 4.08. The molecular formula is C60H110O6. The van der Waals surface area contributed by atoms with E-state index in [2.05, 4.69) is 57.2 Å². The number of carbonyl (C=O) groups is 3. The zero-order chi connectivity index (χ0) is 47.9. The summed E-state index contributed by atoms with van der Waals surface area (Å²) < 4.78 is 16.8. The molecule has 0 aliphatic rings. The van der Waals surface area contributed by atoms with Gasteiger partial charge in [0, 0.05) is 19.3 Å². The maximum absolute atomic E-state index is 12.8. The third-order valence-corrected chi connectivity index (χ3v) is 12.8. The lowest BCUT2D eigenvalue weighted by Gasteiger charge is -2.18. The van der Waals surface area contributed by atoms with Crippen LogP contribution >= 0.6 is 0 Å². The zero-order valence-electron chi connectivity index (χ0n) is 44.2. The van der Waals surface area contributed by atoms with Crippen molar-refractivity contribution in [2.45, 2.75) is 316 Å². The molecule has 0 aliphatic heterocycles. The van der Waals surface area contributed by atoms with Crippen LogP contribution in [0.25, 0.3) is 0 Å². The average Bonchev–Trinajstić information content (AvgIpc) is 3.31. The Labute approximate surface area is 410 Å². The van der Waals surface area contributed by atoms with Gasteiger partial charge in [-0.25, -0.2) is 0 Å². The fraction of sp³-hybridized carbons (Fsp3) is 0.850. The SMILES string of the molecule is CCC/C=C\C/C=C\CCCCCCCC(=O)OC(COC(=O)CCCCCCCCCC)COC(=O)CCCCCCCCCCCCCCCCC/C=C\CCCCCCCCCC. The number of rotatable bonds is 53. The molecule has 0 aromatic heterocycles. The molecule has 0 aliphatic carbocycles.